The molecule has 3 aromatic rings. The van der Waals surface area contributed by atoms with E-state index in [1.807, 2.05) is 0 Å². The van der Waals surface area contributed by atoms with E-state index in [0.717, 1.165) is 0 Å². The van der Waals surface area contributed by atoms with Crippen LogP contribution < -0.4 is 11.5 Å². The molecule has 0 aromatic carbocycles. The van der Waals surface area contributed by atoms with Gasteiger partial charge in [-0.3, -0.25) is 4.57 Å². The third-order valence-electron chi connectivity index (χ3n) is 4.19. The largest absolute Gasteiger partial charge is 0.394 e. The first-order chi connectivity index (χ1) is 11.5. The summed E-state index contributed by atoms with van der Waals surface area (Å²) in [5, 5.41) is 30.5. The first-order valence-electron chi connectivity index (χ1n) is 7.17. The number of nitrogen functional groups attached to an aromatic ring is 2. The van der Waals surface area contributed by atoms with Crippen LogP contribution >= 0.6 is 0 Å². The van der Waals surface area contributed by atoms with E-state index in [-0.39, 0.29) is 11.6 Å². The molecular formula is C13H15N7O4. The standard InChI is InChI=1S/C13H15N7O4/c14-9-5-6-10(15)17-3-19-12(6)20(11(5)18-2-16-9)13-8(23)7(22)4(1-21)24-13/h2-4,7-8,13,21-23H,1H2,(H2,14,16,18)(H2,15,17,19). The Kier molecular flexibility index (Phi) is 3.25. The number of fused-ring (bicyclic) bond motifs is 3. The first kappa shape index (κ1) is 15.0. The highest BCUT2D eigenvalue weighted by molar-refractivity contribution is 6.14. The molecule has 3 aromatic heterocycles. The summed E-state index contributed by atoms with van der Waals surface area (Å²) in [5.74, 6) is 0.356. The molecule has 0 saturated carbocycles. The van der Waals surface area contributed by atoms with Gasteiger partial charge in [0.1, 0.15) is 53.9 Å². The second-order valence-corrected chi connectivity index (χ2v) is 5.51. The lowest BCUT2D eigenvalue weighted by molar-refractivity contribution is -0.0492. The second-order valence-electron chi connectivity index (χ2n) is 5.51. The summed E-state index contributed by atoms with van der Waals surface area (Å²) in [6.45, 7) is -0.444. The van der Waals surface area contributed by atoms with Crippen molar-refractivity contribution in [3.05, 3.63) is 12.7 Å². The molecule has 1 aliphatic rings. The van der Waals surface area contributed by atoms with Gasteiger partial charge < -0.3 is 31.5 Å². The third kappa shape index (κ3) is 1.86. The summed E-state index contributed by atoms with van der Waals surface area (Å²) in [5.41, 5.74) is 12.6. The maximum absolute atomic E-state index is 10.3. The van der Waals surface area contributed by atoms with Crippen molar-refractivity contribution in [1.29, 1.82) is 0 Å². The molecule has 7 N–H and O–H groups in total. The number of nitrogens with two attached hydrogens (primary N) is 2. The van der Waals surface area contributed by atoms with Gasteiger partial charge in [-0.2, -0.15) is 0 Å². The van der Waals surface area contributed by atoms with E-state index >= 15 is 0 Å². The molecule has 4 rings (SSSR count). The Morgan fingerprint density at radius 1 is 0.958 bits per heavy atom. The number of nitrogens with zero attached hydrogens (tertiary/aromatic N) is 5. The molecule has 0 radical (unpaired) electrons. The van der Waals surface area contributed by atoms with Gasteiger partial charge in [0.2, 0.25) is 0 Å². The number of ether oxygens (including phenoxy) is 1. The van der Waals surface area contributed by atoms with Crippen LogP contribution in [-0.2, 0) is 4.74 Å². The highest BCUT2D eigenvalue weighted by Crippen LogP contribution is 2.38. The van der Waals surface area contributed by atoms with Gasteiger partial charge in [0.05, 0.1) is 17.4 Å². The van der Waals surface area contributed by atoms with Gasteiger partial charge in [-0.25, -0.2) is 19.9 Å². The predicted octanol–water partition coefficient (Wildman–Crippen LogP) is -1.85. The fraction of sp³-hybridized carbons (Fsp3) is 0.385. The lowest BCUT2D eigenvalue weighted by atomic mass is 10.1. The summed E-state index contributed by atoms with van der Waals surface area (Å²) < 4.78 is 7.06. The quantitative estimate of drug-likeness (QED) is 0.357. The molecule has 0 aliphatic carbocycles. The smallest absolute Gasteiger partial charge is 0.166 e. The third-order valence-corrected chi connectivity index (χ3v) is 4.19. The lowest BCUT2D eigenvalue weighted by Gasteiger charge is -2.18. The molecule has 1 fully saturated rings. The number of rotatable bonds is 2. The lowest BCUT2D eigenvalue weighted by Crippen LogP contribution is -2.33. The fourth-order valence-electron chi connectivity index (χ4n) is 3.06. The average molecular weight is 333 g/mol. The molecule has 1 saturated heterocycles. The van der Waals surface area contributed by atoms with Crippen LogP contribution in [0.1, 0.15) is 6.23 Å². The van der Waals surface area contributed by atoms with Gasteiger partial charge in [-0.15, -0.1) is 0 Å². The number of aliphatic hydroxyl groups excluding tert-OH is 3. The highest BCUT2D eigenvalue weighted by atomic mass is 16.6. The highest BCUT2D eigenvalue weighted by Gasteiger charge is 2.45. The molecule has 0 bridgehead atoms. The Balaban J connectivity index is 2.05. The number of hydrogen-bond donors (Lipinski definition) is 5. The molecular weight excluding hydrogens is 318 g/mol. The van der Waals surface area contributed by atoms with Crippen LogP contribution in [0.2, 0.25) is 0 Å². The molecule has 4 heterocycles. The van der Waals surface area contributed by atoms with E-state index in [4.69, 9.17) is 16.2 Å². The van der Waals surface area contributed by atoms with Crippen molar-refractivity contribution >= 4 is 33.7 Å². The van der Waals surface area contributed by atoms with Crippen molar-refractivity contribution in [3.8, 4) is 0 Å². The summed E-state index contributed by atoms with van der Waals surface area (Å²) in [6.07, 6.45) is -1.99. The molecule has 0 amide bonds. The van der Waals surface area contributed by atoms with Crippen LogP contribution in [0.5, 0.6) is 0 Å². The summed E-state index contributed by atoms with van der Waals surface area (Å²) >= 11 is 0. The number of anilines is 2. The van der Waals surface area contributed by atoms with E-state index in [1.165, 1.54) is 17.2 Å². The summed E-state index contributed by atoms with van der Waals surface area (Å²) in [7, 11) is 0. The van der Waals surface area contributed by atoms with Crippen molar-refractivity contribution in [2.45, 2.75) is 24.5 Å². The molecule has 0 spiro atoms. The molecule has 1 aliphatic heterocycles. The van der Waals surface area contributed by atoms with Crippen molar-refractivity contribution < 1.29 is 20.1 Å². The van der Waals surface area contributed by atoms with Crippen LogP contribution in [0.4, 0.5) is 11.6 Å². The van der Waals surface area contributed by atoms with Gasteiger partial charge >= 0.3 is 0 Å². The van der Waals surface area contributed by atoms with Crippen LogP contribution in [0.25, 0.3) is 22.1 Å². The van der Waals surface area contributed by atoms with Crippen LogP contribution in [-0.4, -0.2) is 64.7 Å². The van der Waals surface area contributed by atoms with Gasteiger partial charge in [0.15, 0.2) is 6.23 Å². The summed E-state index contributed by atoms with van der Waals surface area (Å²) in [6, 6.07) is 0. The zero-order valence-corrected chi connectivity index (χ0v) is 12.3. The van der Waals surface area contributed by atoms with Gasteiger partial charge in [0.25, 0.3) is 0 Å². The molecule has 126 valence electrons. The minimum atomic E-state index is -1.30. The zero-order chi connectivity index (χ0) is 17.0. The molecule has 11 heteroatoms. The predicted molar refractivity (Wildman–Crippen MR) is 82.5 cm³/mol. The van der Waals surface area contributed by atoms with Crippen molar-refractivity contribution in [2.75, 3.05) is 18.1 Å². The van der Waals surface area contributed by atoms with E-state index < -0.39 is 31.1 Å². The van der Waals surface area contributed by atoms with E-state index in [0.29, 0.717) is 22.1 Å². The maximum Gasteiger partial charge on any atom is 0.166 e. The van der Waals surface area contributed by atoms with Crippen LogP contribution in [0, 0.1) is 0 Å². The SMILES string of the molecule is Nc1ncnc2c1c1c(N)ncnc1n2C1OC(CO)C(O)C1O. The first-order valence-corrected chi connectivity index (χ1v) is 7.17. The van der Waals surface area contributed by atoms with Crippen molar-refractivity contribution in [1.82, 2.24) is 24.5 Å². The second kappa shape index (κ2) is 5.21. The van der Waals surface area contributed by atoms with Crippen LogP contribution in [0.15, 0.2) is 12.7 Å². The minimum absolute atomic E-state index is 0.178. The Hall–Kier alpha value is -2.60. The van der Waals surface area contributed by atoms with Crippen molar-refractivity contribution in [3.63, 3.8) is 0 Å². The van der Waals surface area contributed by atoms with Gasteiger partial charge in [-0.05, 0) is 0 Å². The molecule has 11 nitrogen and oxygen atoms in total. The Bertz CT molecular complexity index is 870. The van der Waals surface area contributed by atoms with E-state index in [1.54, 1.807) is 0 Å². The number of hydrogen-bond acceptors (Lipinski definition) is 10. The molecule has 4 atom stereocenters. The average Bonchev–Trinajstić information content (AvgIpc) is 3.05. The Morgan fingerprint density at radius 3 is 1.96 bits per heavy atom. The maximum atomic E-state index is 10.3. The van der Waals surface area contributed by atoms with Crippen LogP contribution in [0.3, 0.4) is 0 Å². The summed E-state index contributed by atoms with van der Waals surface area (Å²) in [4.78, 5) is 16.3. The monoisotopic (exact) mass is 333 g/mol. The fourth-order valence-corrected chi connectivity index (χ4v) is 3.06. The topological polar surface area (TPSA) is 178 Å². The van der Waals surface area contributed by atoms with E-state index in [9.17, 15) is 15.3 Å². The Labute approximate surface area is 134 Å². The van der Waals surface area contributed by atoms with Gasteiger partial charge in [-0.1, -0.05) is 0 Å². The number of aliphatic hydroxyl groups is 3. The normalized spacial score (nSPS) is 27.3. The van der Waals surface area contributed by atoms with E-state index in [2.05, 4.69) is 19.9 Å². The number of aromatic nitrogens is 5. The minimum Gasteiger partial charge on any atom is -0.394 e. The van der Waals surface area contributed by atoms with Gasteiger partial charge in [0, 0.05) is 0 Å². The molecule has 24 heavy (non-hydrogen) atoms. The van der Waals surface area contributed by atoms with Crippen molar-refractivity contribution in [2.24, 2.45) is 0 Å². The Morgan fingerprint density at radius 2 is 1.50 bits per heavy atom. The molecule has 4 unspecified atom stereocenters. The zero-order valence-electron chi connectivity index (χ0n) is 12.3.